The zero-order valence-electron chi connectivity index (χ0n) is 6.95. The van der Waals surface area contributed by atoms with Crippen LogP contribution in [0.25, 0.3) is 0 Å². The summed E-state index contributed by atoms with van der Waals surface area (Å²) in [7, 11) is 0. The van der Waals surface area contributed by atoms with E-state index in [0.29, 0.717) is 0 Å². The first-order valence-electron chi connectivity index (χ1n) is 3.07. The third-order valence-corrected chi connectivity index (χ3v) is 1.34. The van der Waals surface area contributed by atoms with Crippen molar-refractivity contribution in [3.8, 4) is 0 Å². The van der Waals surface area contributed by atoms with Crippen LogP contribution in [0.2, 0.25) is 0 Å². The standard InChI is InChI=1S/C6H15N.ClH.K/c1-4-7(5-2)6-3;;/h4-6H2,1-3H3;1H;/q;;+1/p-1. The Labute approximate surface area is 107 Å². The summed E-state index contributed by atoms with van der Waals surface area (Å²) < 4.78 is 0. The Bertz CT molecular complexity index is 34.5. The molecule has 52 valence electrons. The Morgan fingerprint density at radius 2 is 1.11 bits per heavy atom. The zero-order chi connectivity index (χ0) is 5.70. The van der Waals surface area contributed by atoms with E-state index in [4.69, 9.17) is 0 Å². The van der Waals surface area contributed by atoms with Crippen LogP contribution in [-0.2, 0) is 0 Å². The fourth-order valence-corrected chi connectivity index (χ4v) is 0.671. The van der Waals surface area contributed by atoms with Gasteiger partial charge in [-0.2, -0.15) is 0 Å². The predicted octanol–water partition coefficient (Wildman–Crippen LogP) is -4.64. The Balaban J connectivity index is -0.000000180. The summed E-state index contributed by atoms with van der Waals surface area (Å²) >= 11 is 0. The first-order chi connectivity index (χ1) is 3.35. The second kappa shape index (κ2) is 12.6. The van der Waals surface area contributed by atoms with Crippen molar-refractivity contribution in [1.82, 2.24) is 4.90 Å². The molecule has 0 aromatic rings. The summed E-state index contributed by atoms with van der Waals surface area (Å²) in [4.78, 5) is 2.38. The molecule has 1 nitrogen and oxygen atoms in total. The minimum absolute atomic E-state index is 0. The molecule has 0 saturated carbocycles. The van der Waals surface area contributed by atoms with Crippen LogP contribution >= 0.6 is 0 Å². The molecule has 0 rings (SSSR count). The third kappa shape index (κ3) is 9.89. The summed E-state index contributed by atoms with van der Waals surface area (Å²) in [5.74, 6) is 0. The Hall–Kier alpha value is 1.89. The summed E-state index contributed by atoms with van der Waals surface area (Å²) in [6.45, 7) is 10.1. The van der Waals surface area contributed by atoms with Gasteiger partial charge in [0, 0.05) is 0 Å². The molecule has 0 aliphatic heterocycles. The summed E-state index contributed by atoms with van der Waals surface area (Å²) in [5.41, 5.74) is 0. The minimum Gasteiger partial charge on any atom is -1.00 e. The average Bonchev–Trinajstić information content (AvgIpc) is 1.72. The Morgan fingerprint density at radius 1 is 0.889 bits per heavy atom. The van der Waals surface area contributed by atoms with Crippen molar-refractivity contribution < 1.29 is 63.8 Å². The molecule has 0 aliphatic carbocycles. The quantitative estimate of drug-likeness (QED) is 0.390. The zero-order valence-corrected chi connectivity index (χ0v) is 10.8. The largest absolute Gasteiger partial charge is 1.00 e. The van der Waals surface area contributed by atoms with E-state index < -0.39 is 0 Å². The molecule has 0 unspecified atom stereocenters. The maximum atomic E-state index is 2.38. The van der Waals surface area contributed by atoms with E-state index >= 15 is 0 Å². The molecule has 0 fully saturated rings. The number of rotatable bonds is 3. The van der Waals surface area contributed by atoms with E-state index in [0.717, 1.165) is 0 Å². The maximum absolute atomic E-state index is 2.38. The molecule has 0 radical (unpaired) electrons. The van der Waals surface area contributed by atoms with Crippen LogP contribution in [0, 0.1) is 0 Å². The maximum Gasteiger partial charge on any atom is 1.00 e. The molecule has 0 aromatic heterocycles. The Morgan fingerprint density at radius 3 is 1.11 bits per heavy atom. The molecule has 0 N–H and O–H groups in total. The van der Waals surface area contributed by atoms with Crippen molar-refractivity contribution in [1.29, 1.82) is 0 Å². The van der Waals surface area contributed by atoms with Crippen LogP contribution in [-0.4, -0.2) is 24.5 Å². The third-order valence-electron chi connectivity index (χ3n) is 1.34. The molecule has 0 aliphatic rings. The van der Waals surface area contributed by atoms with E-state index in [1.165, 1.54) is 19.6 Å². The van der Waals surface area contributed by atoms with Crippen molar-refractivity contribution >= 4 is 0 Å². The van der Waals surface area contributed by atoms with Gasteiger partial charge in [0.25, 0.3) is 0 Å². The molecule has 0 heterocycles. The van der Waals surface area contributed by atoms with Crippen LogP contribution in [0.15, 0.2) is 0 Å². The van der Waals surface area contributed by atoms with Gasteiger partial charge in [0.2, 0.25) is 0 Å². The number of nitrogens with zero attached hydrogens (tertiary/aromatic N) is 1. The monoisotopic (exact) mass is 175 g/mol. The van der Waals surface area contributed by atoms with Crippen molar-refractivity contribution in [2.45, 2.75) is 20.8 Å². The predicted molar refractivity (Wildman–Crippen MR) is 33.5 cm³/mol. The van der Waals surface area contributed by atoms with E-state index in [-0.39, 0.29) is 63.8 Å². The van der Waals surface area contributed by atoms with Gasteiger partial charge in [0.1, 0.15) is 0 Å². The Kier molecular flexibility index (Phi) is 23.9. The molecule has 0 aromatic carbocycles. The van der Waals surface area contributed by atoms with Crippen LogP contribution in [0.3, 0.4) is 0 Å². The molecule has 0 bridgehead atoms. The van der Waals surface area contributed by atoms with Gasteiger partial charge in [-0.1, -0.05) is 20.8 Å². The van der Waals surface area contributed by atoms with Crippen LogP contribution < -0.4 is 63.8 Å². The summed E-state index contributed by atoms with van der Waals surface area (Å²) in [6.07, 6.45) is 0. The molecule has 0 saturated heterocycles. The normalized spacial score (nSPS) is 8.00. The summed E-state index contributed by atoms with van der Waals surface area (Å²) in [6, 6.07) is 0. The van der Waals surface area contributed by atoms with Crippen molar-refractivity contribution in [2.75, 3.05) is 19.6 Å². The molecular weight excluding hydrogens is 161 g/mol. The van der Waals surface area contributed by atoms with Gasteiger partial charge in [-0.15, -0.1) is 0 Å². The molecule has 0 amide bonds. The van der Waals surface area contributed by atoms with Crippen molar-refractivity contribution in [3.05, 3.63) is 0 Å². The van der Waals surface area contributed by atoms with E-state index in [1.54, 1.807) is 0 Å². The van der Waals surface area contributed by atoms with Gasteiger partial charge in [0.05, 0.1) is 0 Å². The SMILES string of the molecule is CCN(CC)CC.[Cl-].[K+]. The van der Waals surface area contributed by atoms with E-state index in [1.807, 2.05) is 0 Å². The van der Waals surface area contributed by atoms with Gasteiger partial charge in [-0.05, 0) is 19.6 Å². The first-order valence-corrected chi connectivity index (χ1v) is 3.07. The fraction of sp³-hybridized carbons (Fsp3) is 1.00. The number of halogens is 1. The van der Waals surface area contributed by atoms with Crippen LogP contribution in [0.1, 0.15) is 20.8 Å². The van der Waals surface area contributed by atoms with Crippen molar-refractivity contribution in [3.63, 3.8) is 0 Å². The summed E-state index contributed by atoms with van der Waals surface area (Å²) in [5, 5.41) is 0. The van der Waals surface area contributed by atoms with Gasteiger partial charge in [0.15, 0.2) is 0 Å². The van der Waals surface area contributed by atoms with Gasteiger partial charge >= 0.3 is 51.4 Å². The van der Waals surface area contributed by atoms with E-state index in [9.17, 15) is 0 Å². The molecular formula is C6H15ClKN. The fourth-order valence-electron chi connectivity index (χ4n) is 0.671. The van der Waals surface area contributed by atoms with Crippen LogP contribution in [0.5, 0.6) is 0 Å². The van der Waals surface area contributed by atoms with Crippen molar-refractivity contribution in [2.24, 2.45) is 0 Å². The van der Waals surface area contributed by atoms with Gasteiger partial charge in [-0.25, -0.2) is 0 Å². The molecule has 0 atom stereocenters. The topological polar surface area (TPSA) is 3.24 Å². The number of hydrogen-bond acceptors (Lipinski definition) is 1. The molecule has 0 spiro atoms. The molecule has 9 heavy (non-hydrogen) atoms. The second-order valence-electron chi connectivity index (χ2n) is 1.62. The van der Waals surface area contributed by atoms with Gasteiger partial charge < -0.3 is 17.3 Å². The minimum atomic E-state index is 0. The van der Waals surface area contributed by atoms with Gasteiger partial charge in [-0.3, -0.25) is 0 Å². The first kappa shape index (κ1) is 17.1. The molecule has 3 heteroatoms. The van der Waals surface area contributed by atoms with E-state index in [2.05, 4.69) is 25.7 Å². The number of hydrogen-bond donors (Lipinski definition) is 0. The van der Waals surface area contributed by atoms with Crippen LogP contribution in [0.4, 0.5) is 0 Å². The second-order valence-corrected chi connectivity index (χ2v) is 1.62. The smallest absolute Gasteiger partial charge is 1.00 e. The average molecular weight is 176 g/mol.